The summed E-state index contributed by atoms with van der Waals surface area (Å²) >= 11 is 0. The van der Waals surface area contributed by atoms with Gasteiger partial charge in [0.25, 0.3) is 0 Å². The Balaban J connectivity index is 2.26. The molecule has 0 spiro atoms. The van der Waals surface area contributed by atoms with Gasteiger partial charge in [-0.1, -0.05) is 42.5 Å². The largest absolute Gasteiger partial charge is 0.399 e. The van der Waals surface area contributed by atoms with Crippen LogP contribution < -0.4 is 5.73 Å². The van der Waals surface area contributed by atoms with E-state index in [0.717, 1.165) is 16.6 Å². The molecule has 0 atom stereocenters. The molecule has 1 aromatic heterocycles. The van der Waals surface area contributed by atoms with Crippen LogP contribution in [0.5, 0.6) is 0 Å². The summed E-state index contributed by atoms with van der Waals surface area (Å²) < 4.78 is 0. The lowest BCUT2D eigenvalue weighted by Gasteiger charge is -2.07. The molecule has 0 fully saturated rings. The molecule has 0 saturated carbocycles. The third-order valence-corrected chi connectivity index (χ3v) is 3.62. The van der Waals surface area contributed by atoms with E-state index in [9.17, 15) is 0 Å². The van der Waals surface area contributed by atoms with Crippen LogP contribution >= 0.6 is 0 Å². The van der Waals surface area contributed by atoms with Crippen LogP contribution in [-0.4, -0.2) is 4.98 Å². The highest BCUT2D eigenvalue weighted by Gasteiger charge is 2.05. The number of aromatic nitrogens is 1. The van der Waals surface area contributed by atoms with Crippen molar-refractivity contribution in [3.05, 3.63) is 60.8 Å². The minimum atomic E-state index is 0.750. The highest BCUT2D eigenvalue weighted by molar-refractivity contribution is 6.16. The number of nitrogens with two attached hydrogens (primary N) is 1. The van der Waals surface area contributed by atoms with Gasteiger partial charge in [0.15, 0.2) is 0 Å². The molecule has 2 N–H and O–H groups in total. The Labute approximate surface area is 110 Å². The van der Waals surface area contributed by atoms with E-state index in [1.54, 1.807) is 0 Å². The minimum absolute atomic E-state index is 0.750. The average molecular weight is 244 g/mol. The van der Waals surface area contributed by atoms with Crippen molar-refractivity contribution in [1.82, 2.24) is 4.98 Å². The Kier molecular flexibility index (Phi) is 2.00. The molecule has 90 valence electrons. The molecule has 0 radical (unpaired) electrons. The van der Waals surface area contributed by atoms with Crippen LogP contribution in [0.15, 0.2) is 60.8 Å². The van der Waals surface area contributed by atoms with Gasteiger partial charge in [-0.25, -0.2) is 0 Å². The Morgan fingerprint density at radius 2 is 1.58 bits per heavy atom. The molecule has 4 rings (SSSR count). The number of nitrogen functional groups attached to an aromatic ring is 1. The van der Waals surface area contributed by atoms with E-state index in [-0.39, 0.29) is 0 Å². The maximum Gasteiger partial charge on any atom is 0.0728 e. The highest BCUT2D eigenvalue weighted by atomic mass is 14.7. The van der Waals surface area contributed by atoms with Crippen molar-refractivity contribution in [1.29, 1.82) is 0 Å². The number of rotatable bonds is 0. The van der Waals surface area contributed by atoms with E-state index in [4.69, 9.17) is 5.73 Å². The summed E-state index contributed by atoms with van der Waals surface area (Å²) in [5, 5.41) is 6.05. The minimum Gasteiger partial charge on any atom is -0.399 e. The summed E-state index contributed by atoms with van der Waals surface area (Å²) in [6.45, 7) is 0. The van der Waals surface area contributed by atoms with E-state index >= 15 is 0 Å². The normalized spacial score (nSPS) is 11.4. The van der Waals surface area contributed by atoms with Gasteiger partial charge in [-0.2, -0.15) is 0 Å². The molecule has 3 aromatic carbocycles. The number of benzene rings is 3. The number of fused-ring (bicyclic) bond motifs is 5. The molecule has 19 heavy (non-hydrogen) atoms. The van der Waals surface area contributed by atoms with Crippen LogP contribution in [0.3, 0.4) is 0 Å². The van der Waals surface area contributed by atoms with E-state index in [1.165, 1.54) is 21.5 Å². The monoisotopic (exact) mass is 244 g/mol. The first kappa shape index (κ1) is 10.3. The molecule has 0 bridgehead atoms. The van der Waals surface area contributed by atoms with Crippen LogP contribution in [0.1, 0.15) is 0 Å². The van der Waals surface area contributed by atoms with Crippen molar-refractivity contribution >= 4 is 38.1 Å². The third kappa shape index (κ3) is 1.47. The number of hydrogen-bond donors (Lipinski definition) is 1. The lowest BCUT2D eigenvalue weighted by atomic mass is 10.0. The van der Waals surface area contributed by atoms with Gasteiger partial charge in [0, 0.05) is 22.7 Å². The maximum atomic E-state index is 5.82. The van der Waals surface area contributed by atoms with Gasteiger partial charge in [0.05, 0.1) is 5.52 Å². The second-order valence-electron chi connectivity index (χ2n) is 4.78. The molecular weight excluding hydrogens is 232 g/mol. The van der Waals surface area contributed by atoms with E-state index < -0.39 is 0 Å². The summed E-state index contributed by atoms with van der Waals surface area (Å²) in [5.74, 6) is 0. The molecule has 0 aliphatic rings. The van der Waals surface area contributed by atoms with Gasteiger partial charge in [-0.15, -0.1) is 0 Å². The van der Waals surface area contributed by atoms with Crippen molar-refractivity contribution in [3.8, 4) is 0 Å². The molecule has 0 unspecified atom stereocenters. The van der Waals surface area contributed by atoms with Crippen LogP contribution in [0.25, 0.3) is 32.4 Å². The summed E-state index contributed by atoms with van der Waals surface area (Å²) in [6.07, 6.45) is 1.94. The Morgan fingerprint density at radius 3 is 2.53 bits per heavy atom. The lowest BCUT2D eigenvalue weighted by Crippen LogP contribution is -1.87. The molecule has 2 heteroatoms. The van der Waals surface area contributed by atoms with Crippen molar-refractivity contribution in [2.75, 3.05) is 5.73 Å². The smallest absolute Gasteiger partial charge is 0.0728 e. The molecule has 0 aliphatic heterocycles. The predicted octanol–water partition coefficient (Wildman–Crippen LogP) is 4.12. The van der Waals surface area contributed by atoms with Crippen molar-refractivity contribution < 1.29 is 0 Å². The molecule has 1 heterocycles. The topological polar surface area (TPSA) is 38.9 Å². The third-order valence-electron chi connectivity index (χ3n) is 3.62. The first-order valence-corrected chi connectivity index (χ1v) is 6.29. The molecule has 0 amide bonds. The van der Waals surface area contributed by atoms with Crippen molar-refractivity contribution in [3.63, 3.8) is 0 Å². The van der Waals surface area contributed by atoms with Crippen molar-refractivity contribution in [2.24, 2.45) is 0 Å². The SMILES string of the molecule is Nc1ccc2c(c1)ncc1c3ccccc3ccc21. The number of hydrogen-bond acceptors (Lipinski definition) is 2. The standard InChI is InChI=1S/C17H12N2/c18-12-6-8-15-14-7-5-11-3-1-2-4-13(11)16(14)10-19-17(15)9-12/h1-10H,18H2. The fourth-order valence-corrected chi connectivity index (χ4v) is 2.69. The molecule has 4 aromatic rings. The van der Waals surface area contributed by atoms with Crippen LogP contribution in [0.4, 0.5) is 5.69 Å². The van der Waals surface area contributed by atoms with E-state index in [2.05, 4.69) is 47.4 Å². The second kappa shape index (κ2) is 3.69. The molecular formula is C17H12N2. The summed E-state index contributed by atoms with van der Waals surface area (Å²) in [5.41, 5.74) is 7.52. The Morgan fingerprint density at radius 1 is 0.737 bits per heavy atom. The fraction of sp³-hybridized carbons (Fsp3) is 0. The highest BCUT2D eigenvalue weighted by Crippen LogP contribution is 2.30. The average Bonchev–Trinajstić information content (AvgIpc) is 2.46. The van der Waals surface area contributed by atoms with Gasteiger partial charge in [-0.3, -0.25) is 4.98 Å². The number of nitrogens with zero attached hydrogens (tertiary/aromatic N) is 1. The van der Waals surface area contributed by atoms with E-state index in [1.807, 2.05) is 18.3 Å². The van der Waals surface area contributed by atoms with Gasteiger partial charge in [0.1, 0.15) is 0 Å². The predicted molar refractivity (Wildman–Crippen MR) is 81.2 cm³/mol. The van der Waals surface area contributed by atoms with Gasteiger partial charge in [0.2, 0.25) is 0 Å². The maximum absolute atomic E-state index is 5.82. The quantitative estimate of drug-likeness (QED) is 0.373. The van der Waals surface area contributed by atoms with Crippen LogP contribution in [0.2, 0.25) is 0 Å². The number of anilines is 1. The second-order valence-corrected chi connectivity index (χ2v) is 4.78. The van der Waals surface area contributed by atoms with Gasteiger partial charge >= 0.3 is 0 Å². The summed E-state index contributed by atoms with van der Waals surface area (Å²) in [4.78, 5) is 4.54. The van der Waals surface area contributed by atoms with Gasteiger partial charge in [-0.05, 0) is 28.3 Å². The Bertz CT molecular complexity index is 926. The zero-order valence-electron chi connectivity index (χ0n) is 10.3. The van der Waals surface area contributed by atoms with Crippen LogP contribution in [0, 0.1) is 0 Å². The zero-order valence-corrected chi connectivity index (χ0v) is 10.3. The summed E-state index contributed by atoms with van der Waals surface area (Å²) in [7, 11) is 0. The first-order chi connectivity index (χ1) is 9.33. The Hall–Kier alpha value is -2.61. The molecule has 2 nitrogen and oxygen atoms in total. The van der Waals surface area contributed by atoms with Gasteiger partial charge < -0.3 is 5.73 Å². The fourth-order valence-electron chi connectivity index (χ4n) is 2.69. The number of pyridine rings is 1. The molecule has 0 saturated heterocycles. The van der Waals surface area contributed by atoms with E-state index in [0.29, 0.717) is 0 Å². The van der Waals surface area contributed by atoms with Crippen LogP contribution in [-0.2, 0) is 0 Å². The van der Waals surface area contributed by atoms with Crippen molar-refractivity contribution in [2.45, 2.75) is 0 Å². The zero-order chi connectivity index (χ0) is 12.8. The molecule has 0 aliphatic carbocycles. The lowest BCUT2D eigenvalue weighted by molar-refractivity contribution is 1.45. The summed E-state index contributed by atoms with van der Waals surface area (Å²) in [6, 6.07) is 18.6. The first-order valence-electron chi connectivity index (χ1n) is 6.29.